The Bertz CT molecular complexity index is 1240. The summed E-state index contributed by atoms with van der Waals surface area (Å²) < 4.78 is 20.2. The third-order valence-corrected chi connectivity index (χ3v) is 5.03. The highest BCUT2D eigenvalue weighted by Gasteiger charge is 2.18. The molecule has 3 aromatic carbocycles. The fraction of sp³-hybridized carbons (Fsp3) is 0.0417. The normalized spacial score (nSPS) is 10.9. The number of aromatic carboxylic acids is 1. The standard InChI is InChI=1S/C24H18BrFN2O5/c1-33-21-11-8-16(24(31)32)13-19(21)27-23(30)20(12-15-4-2-3-5-18(15)26)28-22(29)14-6-9-17(25)10-7-14/h2-13H,1H3,(H,27,30)(H,28,29)(H,31,32)/b20-12-. The average Bonchev–Trinajstić information content (AvgIpc) is 2.80. The van der Waals surface area contributed by atoms with Crippen LogP contribution in [0.1, 0.15) is 26.3 Å². The second-order valence-corrected chi connectivity index (χ2v) is 7.63. The van der Waals surface area contributed by atoms with E-state index >= 15 is 0 Å². The van der Waals surface area contributed by atoms with Crippen LogP contribution in [0.5, 0.6) is 5.75 Å². The van der Waals surface area contributed by atoms with E-state index in [1.165, 1.54) is 49.6 Å². The molecule has 168 valence electrons. The van der Waals surface area contributed by atoms with E-state index in [1.807, 2.05) is 0 Å². The maximum Gasteiger partial charge on any atom is 0.335 e. The van der Waals surface area contributed by atoms with Crippen LogP contribution < -0.4 is 15.4 Å². The van der Waals surface area contributed by atoms with Gasteiger partial charge in [0.05, 0.1) is 18.4 Å². The van der Waals surface area contributed by atoms with Crippen molar-refractivity contribution in [1.29, 1.82) is 0 Å². The van der Waals surface area contributed by atoms with Crippen molar-refractivity contribution in [3.05, 3.63) is 99.4 Å². The van der Waals surface area contributed by atoms with Gasteiger partial charge in [-0.05, 0) is 54.6 Å². The lowest BCUT2D eigenvalue weighted by molar-refractivity contribution is -0.113. The van der Waals surface area contributed by atoms with E-state index < -0.39 is 23.6 Å². The molecule has 3 N–H and O–H groups in total. The van der Waals surface area contributed by atoms with Gasteiger partial charge in [-0.3, -0.25) is 9.59 Å². The van der Waals surface area contributed by atoms with Crippen molar-refractivity contribution in [2.45, 2.75) is 0 Å². The van der Waals surface area contributed by atoms with Gasteiger partial charge in [0.2, 0.25) is 0 Å². The van der Waals surface area contributed by atoms with Crippen LogP contribution in [-0.2, 0) is 4.79 Å². The van der Waals surface area contributed by atoms with Gasteiger partial charge in [-0.15, -0.1) is 0 Å². The molecule has 0 spiro atoms. The minimum atomic E-state index is -1.20. The molecule has 0 aliphatic heterocycles. The molecule has 0 unspecified atom stereocenters. The Kier molecular flexibility index (Phi) is 7.57. The topological polar surface area (TPSA) is 105 Å². The van der Waals surface area contributed by atoms with Crippen molar-refractivity contribution in [1.82, 2.24) is 5.32 Å². The van der Waals surface area contributed by atoms with Crippen molar-refractivity contribution < 1.29 is 28.6 Å². The fourth-order valence-electron chi connectivity index (χ4n) is 2.83. The van der Waals surface area contributed by atoms with Crippen LogP contribution in [0.25, 0.3) is 6.08 Å². The number of amides is 2. The molecule has 9 heteroatoms. The van der Waals surface area contributed by atoms with Gasteiger partial charge in [0, 0.05) is 15.6 Å². The van der Waals surface area contributed by atoms with Crippen LogP contribution in [-0.4, -0.2) is 30.0 Å². The number of carboxylic acids is 1. The van der Waals surface area contributed by atoms with E-state index in [0.717, 1.165) is 4.47 Å². The third-order valence-electron chi connectivity index (χ3n) is 4.50. The summed E-state index contributed by atoms with van der Waals surface area (Å²) in [5.74, 6) is -2.97. The lowest BCUT2D eigenvalue weighted by atomic mass is 10.1. The summed E-state index contributed by atoms with van der Waals surface area (Å²) in [6.07, 6.45) is 1.19. The van der Waals surface area contributed by atoms with Gasteiger partial charge in [-0.2, -0.15) is 0 Å². The summed E-state index contributed by atoms with van der Waals surface area (Å²) in [6.45, 7) is 0. The second-order valence-electron chi connectivity index (χ2n) is 6.71. The van der Waals surface area contributed by atoms with Gasteiger partial charge in [-0.1, -0.05) is 34.1 Å². The summed E-state index contributed by atoms with van der Waals surface area (Å²) in [4.78, 5) is 37.1. The fourth-order valence-corrected chi connectivity index (χ4v) is 3.09. The highest BCUT2D eigenvalue weighted by molar-refractivity contribution is 9.10. The quantitative estimate of drug-likeness (QED) is 0.398. The molecule has 3 aromatic rings. The van der Waals surface area contributed by atoms with Gasteiger partial charge in [-0.25, -0.2) is 9.18 Å². The summed E-state index contributed by atoms with van der Waals surface area (Å²) in [5, 5.41) is 14.3. The number of hydrogen-bond donors (Lipinski definition) is 3. The number of carbonyl (C=O) groups excluding carboxylic acids is 2. The van der Waals surface area contributed by atoms with Gasteiger partial charge >= 0.3 is 5.97 Å². The number of carboxylic acid groups (broad SMARTS) is 1. The van der Waals surface area contributed by atoms with E-state index in [-0.39, 0.29) is 33.8 Å². The highest BCUT2D eigenvalue weighted by Crippen LogP contribution is 2.26. The van der Waals surface area contributed by atoms with Gasteiger partial charge in [0.1, 0.15) is 17.3 Å². The average molecular weight is 513 g/mol. The summed E-state index contributed by atoms with van der Waals surface area (Å²) in [5.41, 5.74) is 0.0843. The number of methoxy groups -OCH3 is 1. The Morgan fingerprint density at radius 1 is 1.00 bits per heavy atom. The maximum atomic E-state index is 14.2. The lowest BCUT2D eigenvalue weighted by Gasteiger charge is -2.14. The number of anilines is 1. The molecule has 2 amide bonds. The van der Waals surface area contributed by atoms with Crippen molar-refractivity contribution >= 4 is 45.5 Å². The van der Waals surface area contributed by atoms with E-state index in [2.05, 4.69) is 26.6 Å². The predicted molar refractivity (Wildman–Crippen MR) is 125 cm³/mol. The van der Waals surface area contributed by atoms with E-state index in [4.69, 9.17) is 4.74 Å². The molecule has 0 aliphatic rings. The molecule has 0 heterocycles. The number of ether oxygens (including phenoxy) is 1. The minimum Gasteiger partial charge on any atom is -0.495 e. The summed E-state index contributed by atoms with van der Waals surface area (Å²) in [7, 11) is 1.36. The van der Waals surface area contributed by atoms with Crippen LogP contribution in [0.15, 0.2) is 76.9 Å². The smallest absolute Gasteiger partial charge is 0.335 e. The molecule has 0 bridgehead atoms. The number of carbonyl (C=O) groups is 3. The molecule has 0 aliphatic carbocycles. The SMILES string of the molecule is COc1ccc(C(=O)O)cc1NC(=O)/C(=C/c1ccccc1F)NC(=O)c1ccc(Br)cc1. The zero-order chi connectivity index (χ0) is 24.0. The van der Waals surface area contributed by atoms with E-state index in [9.17, 15) is 23.9 Å². The Balaban J connectivity index is 1.97. The van der Waals surface area contributed by atoms with Crippen molar-refractivity contribution in [2.24, 2.45) is 0 Å². The Morgan fingerprint density at radius 3 is 2.30 bits per heavy atom. The van der Waals surface area contributed by atoms with Crippen molar-refractivity contribution in [3.63, 3.8) is 0 Å². The van der Waals surface area contributed by atoms with Crippen LogP contribution >= 0.6 is 15.9 Å². The first-order valence-corrected chi connectivity index (χ1v) is 10.3. The van der Waals surface area contributed by atoms with E-state index in [1.54, 1.807) is 30.3 Å². The van der Waals surface area contributed by atoms with E-state index in [0.29, 0.717) is 0 Å². The lowest BCUT2D eigenvalue weighted by Crippen LogP contribution is -2.31. The van der Waals surface area contributed by atoms with Crippen LogP contribution in [0.2, 0.25) is 0 Å². The largest absolute Gasteiger partial charge is 0.495 e. The third kappa shape index (κ3) is 6.05. The van der Waals surface area contributed by atoms with Crippen molar-refractivity contribution in [3.8, 4) is 5.75 Å². The predicted octanol–water partition coefficient (Wildman–Crippen LogP) is 4.70. The molecule has 3 rings (SSSR count). The second kappa shape index (κ2) is 10.6. The molecule has 0 saturated carbocycles. The summed E-state index contributed by atoms with van der Waals surface area (Å²) >= 11 is 3.28. The zero-order valence-electron chi connectivity index (χ0n) is 17.3. The number of nitrogens with one attached hydrogen (secondary N) is 2. The van der Waals surface area contributed by atoms with Crippen LogP contribution in [0.3, 0.4) is 0 Å². The van der Waals surface area contributed by atoms with Gasteiger partial charge < -0.3 is 20.5 Å². The van der Waals surface area contributed by atoms with Gasteiger partial charge in [0.25, 0.3) is 11.8 Å². The monoisotopic (exact) mass is 512 g/mol. The number of halogens is 2. The first-order valence-electron chi connectivity index (χ1n) is 9.54. The molecule has 0 aromatic heterocycles. The zero-order valence-corrected chi connectivity index (χ0v) is 18.9. The number of rotatable bonds is 7. The molecule has 0 fully saturated rings. The van der Waals surface area contributed by atoms with Crippen LogP contribution in [0.4, 0.5) is 10.1 Å². The molecule has 7 nitrogen and oxygen atoms in total. The Morgan fingerprint density at radius 2 is 1.67 bits per heavy atom. The van der Waals surface area contributed by atoms with Gasteiger partial charge in [0.15, 0.2) is 0 Å². The number of hydrogen-bond acceptors (Lipinski definition) is 4. The molecule has 0 radical (unpaired) electrons. The summed E-state index contributed by atoms with van der Waals surface area (Å²) in [6, 6.07) is 16.1. The molecular formula is C24H18BrFN2O5. The Hall–Kier alpha value is -3.98. The first-order chi connectivity index (χ1) is 15.8. The molecular weight excluding hydrogens is 495 g/mol. The molecule has 0 saturated heterocycles. The number of benzene rings is 3. The molecule has 0 atom stereocenters. The van der Waals surface area contributed by atoms with Crippen molar-refractivity contribution in [2.75, 3.05) is 12.4 Å². The first kappa shape index (κ1) is 23.7. The Labute approximate surface area is 197 Å². The highest BCUT2D eigenvalue weighted by atomic mass is 79.9. The maximum absolute atomic E-state index is 14.2. The minimum absolute atomic E-state index is 0.0692. The van der Waals surface area contributed by atoms with Crippen LogP contribution in [0, 0.1) is 5.82 Å². The molecule has 33 heavy (non-hydrogen) atoms.